The van der Waals surface area contributed by atoms with Crippen LogP contribution in [-0.4, -0.2) is 5.71 Å². The number of fused-ring (bicyclic) bond motifs is 1. The third-order valence-electron chi connectivity index (χ3n) is 4.85. The summed E-state index contributed by atoms with van der Waals surface area (Å²) >= 11 is 6.07. The highest BCUT2D eigenvalue weighted by atomic mass is 35.5. The van der Waals surface area contributed by atoms with Crippen molar-refractivity contribution in [2.24, 2.45) is 4.99 Å². The standard InChI is InChI=1S/C23H21ClN2/c1-2-16-7-9-17(10-8-16)22-15-23(18-11-13-19(24)14-12-18)26-21-6-4-3-5-20(21)25-22/h3-14,23,26H,2,15H2,1H3. The van der Waals surface area contributed by atoms with Gasteiger partial charge in [0.1, 0.15) is 0 Å². The molecular formula is C23H21ClN2. The second-order valence-electron chi connectivity index (χ2n) is 6.58. The molecule has 0 spiro atoms. The molecule has 1 heterocycles. The summed E-state index contributed by atoms with van der Waals surface area (Å²) in [7, 11) is 0. The lowest BCUT2D eigenvalue weighted by molar-refractivity contribution is 0.828. The van der Waals surface area contributed by atoms with E-state index in [-0.39, 0.29) is 6.04 Å². The van der Waals surface area contributed by atoms with E-state index >= 15 is 0 Å². The van der Waals surface area contributed by atoms with Crippen LogP contribution in [0.4, 0.5) is 11.4 Å². The first kappa shape index (κ1) is 16.9. The average molecular weight is 361 g/mol. The van der Waals surface area contributed by atoms with E-state index < -0.39 is 0 Å². The van der Waals surface area contributed by atoms with Crippen LogP contribution in [0.3, 0.4) is 0 Å². The highest BCUT2D eigenvalue weighted by Gasteiger charge is 2.20. The van der Waals surface area contributed by atoms with Crippen molar-refractivity contribution in [1.29, 1.82) is 0 Å². The van der Waals surface area contributed by atoms with Gasteiger partial charge >= 0.3 is 0 Å². The van der Waals surface area contributed by atoms with E-state index in [1.54, 1.807) is 0 Å². The summed E-state index contributed by atoms with van der Waals surface area (Å²) in [4.78, 5) is 4.99. The lowest BCUT2D eigenvalue weighted by atomic mass is 9.96. The van der Waals surface area contributed by atoms with Gasteiger partial charge in [0.2, 0.25) is 0 Å². The van der Waals surface area contributed by atoms with Gasteiger partial charge in [0.15, 0.2) is 0 Å². The van der Waals surface area contributed by atoms with Gasteiger partial charge in [-0.25, -0.2) is 0 Å². The Labute approximate surface area is 159 Å². The Morgan fingerprint density at radius 1 is 0.962 bits per heavy atom. The fourth-order valence-corrected chi connectivity index (χ4v) is 3.45. The molecule has 26 heavy (non-hydrogen) atoms. The van der Waals surface area contributed by atoms with Crippen LogP contribution in [0, 0.1) is 0 Å². The maximum absolute atomic E-state index is 6.07. The fraction of sp³-hybridized carbons (Fsp3) is 0.174. The van der Waals surface area contributed by atoms with Crippen LogP contribution in [0.2, 0.25) is 5.02 Å². The van der Waals surface area contributed by atoms with Crippen LogP contribution in [0.5, 0.6) is 0 Å². The Morgan fingerprint density at radius 3 is 2.42 bits per heavy atom. The molecule has 1 unspecified atom stereocenters. The molecule has 2 nitrogen and oxygen atoms in total. The molecular weight excluding hydrogens is 340 g/mol. The Bertz CT molecular complexity index is 927. The molecule has 4 rings (SSSR count). The maximum atomic E-state index is 6.07. The summed E-state index contributed by atoms with van der Waals surface area (Å²) in [5, 5.41) is 4.42. The second kappa shape index (κ2) is 7.35. The van der Waals surface area contributed by atoms with Crippen molar-refractivity contribution in [3.63, 3.8) is 0 Å². The Hall–Kier alpha value is -2.58. The van der Waals surface area contributed by atoms with E-state index in [4.69, 9.17) is 16.6 Å². The largest absolute Gasteiger partial charge is 0.376 e. The number of aryl methyl sites for hydroxylation is 1. The molecule has 3 aromatic rings. The number of aliphatic imine (C=N–C) groups is 1. The van der Waals surface area contributed by atoms with Gasteiger partial charge in [-0.05, 0) is 47.4 Å². The van der Waals surface area contributed by atoms with Crippen molar-refractivity contribution in [3.05, 3.63) is 94.5 Å². The Balaban J connectivity index is 1.76. The second-order valence-corrected chi connectivity index (χ2v) is 7.02. The Morgan fingerprint density at radius 2 is 1.69 bits per heavy atom. The average Bonchev–Trinajstić information content (AvgIpc) is 2.88. The summed E-state index contributed by atoms with van der Waals surface area (Å²) in [6, 6.07) is 25.2. The zero-order valence-electron chi connectivity index (χ0n) is 14.7. The number of hydrogen-bond acceptors (Lipinski definition) is 2. The monoisotopic (exact) mass is 360 g/mol. The first-order valence-corrected chi connectivity index (χ1v) is 9.38. The van der Waals surface area contributed by atoms with Crippen LogP contribution in [0.1, 0.15) is 36.1 Å². The zero-order valence-corrected chi connectivity index (χ0v) is 15.5. The minimum absolute atomic E-state index is 0.153. The van der Waals surface area contributed by atoms with Gasteiger partial charge in [0, 0.05) is 11.4 Å². The third-order valence-corrected chi connectivity index (χ3v) is 5.11. The topological polar surface area (TPSA) is 24.4 Å². The smallest absolute Gasteiger partial charge is 0.0864 e. The Kier molecular flexibility index (Phi) is 4.77. The number of anilines is 1. The van der Waals surface area contributed by atoms with Crippen LogP contribution < -0.4 is 5.32 Å². The molecule has 3 heteroatoms. The molecule has 0 saturated carbocycles. The van der Waals surface area contributed by atoms with Crippen molar-refractivity contribution in [3.8, 4) is 0 Å². The maximum Gasteiger partial charge on any atom is 0.0864 e. The lowest BCUT2D eigenvalue weighted by Gasteiger charge is -2.19. The minimum atomic E-state index is 0.153. The predicted octanol–water partition coefficient (Wildman–Crippen LogP) is 6.58. The first-order valence-electron chi connectivity index (χ1n) is 9.01. The van der Waals surface area contributed by atoms with E-state index in [2.05, 4.69) is 60.8 Å². The highest BCUT2D eigenvalue weighted by Crippen LogP contribution is 2.35. The summed E-state index contributed by atoms with van der Waals surface area (Å²) in [5.74, 6) is 0. The normalized spacial score (nSPS) is 16.2. The third kappa shape index (κ3) is 3.51. The molecule has 0 aromatic heterocycles. The molecule has 0 saturated heterocycles. The summed E-state index contributed by atoms with van der Waals surface area (Å²) in [5.41, 5.74) is 6.88. The van der Waals surface area contributed by atoms with E-state index in [1.807, 2.05) is 24.3 Å². The number of benzene rings is 3. The quantitative estimate of drug-likeness (QED) is 0.560. The van der Waals surface area contributed by atoms with E-state index in [9.17, 15) is 0 Å². The predicted molar refractivity (Wildman–Crippen MR) is 111 cm³/mol. The molecule has 0 fully saturated rings. The van der Waals surface area contributed by atoms with E-state index in [0.717, 1.165) is 35.0 Å². The van der Waals surface area contributed by atoms with Gasteiger partial charge in [0.05, 0.1) is 23.1 Å². The number of hydrogen-bond donors (Lipinski definition) is 1. The summed E-state index contributed by atoms with van der Waals surface area (Å²) in [6.45, 7) is 2.18. The summed E-state index contributed by atoms with van der Waals surface area (Å²) < 4.78 is 0. The number of nitrogens with one attached hydrogen (secondary N) is 1. The van der Waals surface area contributed by atoms with Crippen molar-refractivity contribution in [1.82, 2.24) is 0 Å². The van der Waals surface area contributed by atoms with Crippen molar-refractivity contribution >= 4 is 28.7 Å². The van der Waals surface area contributed by atoms with Gasteiger partial charge in [-0.1, -0.05) is 67.1 Å². The zero-order chi connectivity index (χ0) is 17.9. The van der Waals surface area contributed by atoms with Crippen molar-refractivity contribution < 1.29 is 0 Å². The van der Waals surface area contributed by atoms with Crippen LogP contribution in [0.15, 0.2) is 77.8 Å². The molecule has 1 N–H and O–H groups in total. The first-order chi connectivity index (χ1) is 12.7. The van der Waals surface area contributed by atoms with Gasteiger partial charge in [-0.3, -0.25) is 4.99 Å². The molecule has 0 amide bonds. The highest BCUT2D eigenvalue weighted by molar-refractivity contribution is 6.30. The minimum Gasteiger partial charge on any atom is -0.376 e. The van der Waals surface area contributed by atoms with Crippen LogP contribution in [0.25, 0.3) is 0 Å². The molecule has 1 aliphatic heterocycles. The molecule has 130 valence electrons. The molecule has 1 aliphatic rings. The SMILES string of the molecule is CCc1ccc(C2=Nc3ccccc3NC(c3ccc(Cl)cc3)C2)cc1. The fourth-order valence-electron chi connectivity index (χ4n) is 3.33. The van der Waals surface area contributed by atoms with Crippen molar-refractivity contribution in [2.45, 2.75) is 25.8 Å². The van der Waals surface area contributed by atoms with Crippen LogP contribution >= 0.6 is 11.6 Å². The van der Waals surface area contributed by atoms with Gasteiger partial charge in [-0.2, -0.15) is 0 Å². The van der Waals surface area contributed by atoms with E-state index in [1.165, 1.54) is 16.7 Å². The molecule has 1 atom stereocenters. The molecule has 3 aromatic carbocycles. The summed E-state index contributed by atoms with van der Waals surface area (Å²) in [6.07, 6.45) is 1.87. The molecule has 0 bridgehead atoms. The van der Waals surface area contributed by atoms with Crippen LogP contribution in [-0.2, 0) is 6.42 Å². The lowest BCUT2D eigenvalue weighted by Crippen LogP contribution is -2.14. The van der Waals surface area contributed by atoms with Gasteiger partial charge in [-0.15, -0.1) is 0 Å². The number of para-hydroxylation sites is 2. The molecule has 0 radical (unpaired) electrons. The number of halogens is 1. The van der Waals surface area contributed by atoms with Gasteiger partial charge < -0.3 is 5.32 Å². The number of nitrogens with zero attached hydrogens (tertiary/aromatic N) is 1. The van der Waals surface area contributed by atoms with Crippen molar-refractivity contribution in [2.75, 3.05) is 5.32 Å². The van der Waals surface area contributed by atoms with Gasteiger partial charge in [0.25, 0.3) is 0 Å². The molecule has 0 aliphatic carbocycles. The van der Waals surface area contributed by atoms with E-state index in [0.29, 0.717) is 0 Å². The number of rotatable bonds is 3.